The zero-order valence-corrected chi connectivity index (χ0v) is 21.8. The number of rotatable bonds is 7. The Kier molecular flexibility index (Phi) is 6.84. The molecular weight excluding hydrogens is 482 g/mol. The average molecular weight is 514 g/mol. The molecule has 0 saturated heterocycles. The Labute approximate surface area is 220 Å². The number of nitrogens with two attached hydrogens (primary N) is 1. The molecule has 3 heterocycles. The van der Waals surface area contributed by atoms with Gasteiger partial charge in [0, 0.05) is 28.8 Å². The topological polar surface area (TPSA) is 133 Å². The highest BCUT2D eigenvalue weighted by Gasteiger charge is 2.31. The Morgan fingerprint density at radius 1 is 1.11 bits per heavy atom. The summed E-state index contributed by atoms with van der Waals surface area (Å²) in [5.74, 6) is -0.238. The monoisotopic (exact) mass is 513 g/mol. The van der Waals surface area contributed by atoms with Crippen molar-refractivity contribution in [2.45, 2.75) is 51.9 Å². The molecule has 0 aliphatic heterocycles. The number of aliphatic carboxylic acids is 1. The van der Waals surface area contributed by atoms with Gasteiger partial charge in [0.15, 0.2) is 11.4 Å². The second-order valence-corrected chi connectivity index (χ2v) is 9.81. The molecule has 9 nitrogen and oxygen atoms in total. The van der Waals surface area contributed by atoms with Crippen LogP contribution in [0.5, 0.6) is 5.75 Å². The first-order valence-corrected chi connectivity index (χ1v) is 12.9. The molecule has 1 fully saturated rings. The van der Waals surface area contributed by atoms with Crippen LogP contribution in [-0.4, -0.2) is 43.6 Å². The fourth-order valence-corrected chi connectivity index (χ4v) is 5.44. The Bertz CT molecular complexity index is 1520. The summed E-state index contributed by atoms with van der Waals surface area (Å²) in [5.41, 5.74) is 12.6. The predicted molar refractivity (Wildman–Crippen MR) is 144 cm³/mol. The minimum Gasteiger partial charge on any atom is -0.496 e. The number of benzene rings is 1. The molecule has 4 aromatic rings. The van der Waals surface area contributed by atoms with Crippen molar-refractivity contribution >= 4 is 23.2 Å². The lowest BCUT2D eigenvalue weighted by molar-refractivity contribution is -0.142. The van der Waals surface area contributed by atoms with Gasteiger partial charge in [0.2, 0.25) is 0 Å². The van der Waals surface area contributed by atoms with Crippen molar-refractivity contribution in [3.63, 3.8) is 0 Å². The highest BCUT2D eigenvalue weighted by molar-refractivity contribution is 6.00. The van der Waals surface area contributed by atoms with Gasteiger partial charge in [-0.2, -0.15) is 9.61 Å². The minimum atomic E-state index is -0.771. The van der Waals surface area contributed by atoms with E-state index >= 15 is 0 Å². The minimum absolute atomic E-state index is 0.0390. The van der Waals surface area contributed by atoms with E-state index in [1.807, 2.05) is 24.3 Å². The molecule has 9 heteroatoms. The van der Waals surface area contributed by atoms with Crippen LogP contribution in [0, 0.1) is 5.92 Å². The lowest BCUT2D eigenvalue weighted by atomic mass is 9.79. The van der Waals surface area contributed by atoms with Gasteiger partial charge in [-0.25, -0.2) is 4.98 Å². The first kappa shape index (κ1) is 25.4. The Morgan fingerprint density at radius 2 is 1.84 bits per heavy atom. The number of ether oxygens (including phenoxy) is 1. The fourth-order valence-electron chi connectivity index (χ4n) is 5.44. The van der Waals surface area contributed by atoms with Crippen molar-refractivity contribution < 1.29 is 19.4 Å². The maximum Gasteiger partial charge on any atom is 0.306 e. The van der Waals surface area contributed by atoms with E-state index in [-0.39, 0.29) is 23.4 Å². The number of carbonyl (C=O) groups excluding carboxylic acids is 1. The van der Waals surface area contributed by atoms with Crippen molar-refractivity contribution in [2.75, 3.05) is 12.8 Å². The maximum absolute atomic E-state index is 12.6. The van der Waals surface area contributed by atoms with Gasteiger partial charge in [-0.1, -0.05) is 13.0 Å². The number of methoxy groups -OCH3 is 1. The number of hydrogen-bond donors (Lipinski definition) is 2. The average Bonchev–Trinajstić information content (AvgIpc) is 3.37. The van der Waals surface area contributed by atoms with E-state index in [1.165, 1.54) is 11.4 Å². The molecule has 0 bridgehead atoms. The van der Waals surface area contributed by atoms with Crippen LogP contribution in [0.4, 0.5) is 5.82 Å². The van der Waals surface area contributed by atoms with Crippen LogP contribution in [0.3, 0.4) is 0 Å². The maximum atomic E-state index is 12.6. The van der Waals surface area contributed by atoms with Crippen LogP contribution in [0.25, 0.3) is 28.0 Å². The molecule has 196 valence electrons. The third kappa shape index (κ3) is 4.49. The van der Waals surface area contributed by atoms with Gasteiger partial charge in [-0.05, 0) is 68.9 Å². The number of fused-ring (bicyclic) bond motifs is 1. The standard InChI is InChI=1S/C29H31N5O4/c1-4-17-13-20(10-12-24(17)38-3)23-11-9-21(14-31-23)22-15-32-34-27(30)25(16(2)35)26(33-28(22)34)18-5-7-19(8-6-18)29(36)37/h9-15,18-19H,4-8,30H2,1-3H3,(H,36,37). The van der Waals surface area contributed by atoms with Crippen LogP contribution in [-0.2, 0) is 11.2 Å². The van der Waals surface area contributed by atoms with Gasteiger partial charge in [0.05, 0.1) is 36.2 Å². The fraction of sp³-hybridized carbons (Fsp3) is 0.345. The lowest BCUT2D eigenvalue weighted by Crippen LogP contribution is -2.23. The van der Waals surface area contributed by atoms with Gasteiger partial charge in [-0.15, -0.1) is 0 Å². The molecule has 1 aliphatic carbocycles. The number of carbonyl (C=O) groups is 2. The molecule has 0 unspecified atom stereocenters. The molecule has 0 spiro atoms. The SMILES string of the molecule is CCc1cc(-c2ccc(-c3cnn4c(N)c(C(C)=O)c(C5CCC(C(=O)O)CC5)nc34)cn2)ccc1OC. The van der Waals surface area contributed by atoms with Crippen molar-refractivity contribution in [3.8, 4) is 28.1 Å². The second-order valence-electron chi connectivity index (χ2n) is 9.81. The second kappa shape index (κ2) is 10.2. The summed E-state index contributed by atoms with van der Waals surface area (Å²) in [4.78, 5) is 33.7. The number of pyridine rings is 1. The van der Waals surface area contributed by atoms with Gasteiger partial charge >= 0.3 is 5.97 Å². The van der Waals surface area contributed by atoms with E-state index in [1.54, 1.807) is 19.5 Å². The van der Waals surface area contributed by atoms with Crippen LogP contribution < -0.4 is 10.5 Å². The number of nitrogen functional groups attached to an aromatic ring is 1. The van der Waals surface area contributed by atoms with E-state index < -0.39 is 5.97 Å². The highest BCUT2D eigenvalue weighted by Crippen LogP contribution is 2.39. The summed E-state index contributed by atoms with van der Waals surface area (Å²) < 4.78 is 6.95. The van der Waals surface area contributed by atoms with Gasteiger partial charge in [0.25, 0.3) is 0 Å². The molecule has 5 rings (SSSR count). The summed E-state index contributed by atoms with van der Waals surface area (Å²) in [6, 6.07) is 9.98. The van der Waals surface area contributed by atoms with E-state index in [0.717, 1.165) is 40.1 Å². The smallest absolute Gasteiger partial charge is 0.306 e. The molecule has 0 atom stereocenters. The lowest BCUT2D eigenvalue weighted by Gasteiger charge is -2.27. The zero-order chi connectivity index (χ0) is 27.0. The molecule has 0 amide bonds. The van der Waals surface area contributed by atoms with Crippen molar-refractivity contribution in [3.05, 3.63) is 59.5 Å². The van der Waals surface area contributed by atoms with Crippen molar-refractivity contribution in [1.82, 2.24) is 19.6 Å². The Morgan fingerprint density at radius 3 is 2.45 bits per heavy atom. The van der Waals surface area contributed by atoms with Gasteiger partial charge in [-0.3, -0.25) is 14.6 Å². The normalized spacial score (nSPS) is 17.4. The van der Waals surface area contributed by atoms with Crippen LogP contribution >= 0.6 is 0 Å². The van der Waals surface area contributed by atoms with Crippen LogP contribution in [0.15, 0.2) is 42.7 Å². The number of ketones is 1. The van der Waals surface area contributed by atoms with Crippen molar-refractivity contribution in [2.24, 2.45) is 5.92 Å². The number of aryl methyl sites for hydroxylation is 1. The van der Waals surface area contributed by atoms with Crippen LogP contribution in [0.2, 0.25) is 0 Å². The summed E-state index contributed by atoms with van der Waals surface area (Å²) in [6.07, 6.45) is 6.71. The number of carboxylic acids is 1. The summed E-state index contributed by atoms with van der Waals surface area (Å²) in [7, 11) is 1.67. The first-order chi connectivity index (χ1) is 18.3. The molecule has 3 N–H and O–H groups in total. The highest BCUT2D eigenvalue weighted by atomic mass is 16.5. The molecule has 3 aromatic heterocycles. The van der Waals surface area contributed by atoms with Crippen molar-refractivity contribution in [1.29, 1.82) is 0 Å². The number of anilines is 1. The molecule has 1 aliphatic rings. The molecule has 38 heavy (non-hydrogen) atoms. The number of carboxylic acid groups (broad SMARTS) is 1. The van der Waals surface area contributed by atoms with Crippen LogP contribution in [0.1, 0.15) is 67.1 Å². The summed E-state index contributed by atoms with van der Waals surface area (Å²) >= 11 is 0. The third-order valence-corrected chi connectivity index (χ3v) is 7.56. The largest absolute Gasteiger partial charge is 0.496 e. The van der Waals surface area contributed by atoms with Gasteiger partial charge in [0.1, 0.15) is 11.6 Å². The van der Waals surface area contributed by atoms with Gasteiger partial charge < -0.3 is 15.6 Å². The van der Waals surface area contributed by atoms with E-state index in [4.69, 9.17) is 20.4 Å². The number of nitrogens with zero attached hydrogens (tertiary/aromatic N) is 4. The molecule has 1 saturated carbocycles. The summed E-state index contributed by atoms with van der Waals surface area (Å²) in [6.45, 7) is 3.56. The third-order valence-electron chi connectivity index (χ3n) is 7.56. The number of hydrogen-bond acceptors (Lipinski definition) is 7. The first-order valence-electron chi connectivity index (χ1n) is 12.9. The molecule has 0 radical (unpaired) electrons. The number of Topliss-reactive ketones (excluding diaryl/α,β-unsaturated/α-hetero) is 1. The quantitative estimate of drug-likeness (QED) is 0.323. The van der Waals surface area contributed by atoms with E-state index in [2.05, 4.69) is 18.1 Å². The Hall–Kier alpha value is -4.27. The van der Waals surface area contributed by atoms with E-state index in [9.17, 15) is 14.7 Å². The number of aromatic nitrogens is 4. The zero-order valence-electron chi connectivity index (χ0n) is 21.8. The molecular formula is C29H31N5O4. The Balaban J connectivity index is 1.53. The summed E-state index contributed by atoms with van der Waals surface area (Å²) in [5, 5.41) is 13.8. The van der Waals surface area contributed by atoms with E-state index in [0.29, 0.717) is 42.6 Å². The predicted octanol–water partition coefficient (Wildman–Crippen LogP) is 5.17. The molecule has 1 aromatic carbocycles.